The number of ketones is 1. The van der Waals surface area contributed by atoms with Crippen molar-refractivity contribution in [2.45, 2.75) is 57.6 Å². The largest absolute Gasteiger partial charge is 0.382 e. The van der Waals surface area contributed by atoms with Crippen molar-refractivity contribution in [3.8, 4) is 0 Å². The van der Waals surface area contributed by atoms with Crippen molar-refractivity contribution in [1.29, 1.82) is 0 Å². The lowest BCUT2D eigenvalue weighted by molar-refractivity contribution is 0.0228. The number of rotatable bonds is 3. The minimum atomic E-state index is -1.26. The summed E-state index contributed by atoms with van der Waals surface area (Å²) in [6, 6.07) is 0. The summed E-state index contributed by atoms with van der Waals surface area (Å²) >= 11 is 6.03. The molecule has 2 rings (SSSR count). The molecule has 5 heteroatoms. The standard InChI is InChI=1S/C13H19ClN2O2/c1-2-16-11(10(14)9-15-16)12(17)13(18)7-5-3-4-6-8-13/h9,18H,2-8H2,1H3. The molecule has 1 aliphatic rings. The molecule has 1 N–H and O–H groups in total. The predicted molar refractivity (Wildman–Crippen MR) is 69.9 cm³/mol. The number of aromatic nitrogens is 2. The molecule has 0 bridgehead atoms. The Morgan fingerprint density at radius 1 is 1.44 bits per heavy atom. The van der Waals surface area contributed by atoms with Gasteiger partial charge in [-0.15, -0.1) is 0 Å². The quantitative estimate of drug-likeness (QED) is 0.679. The number of nitrogens with zero attached hydrogens (tertiary/aromatic N) is 2. The molecule has 0 aliphatic heterocycles. The zero-order valence-corrected chi connectivity index (χ0v) is 11.4. The lowest BCUT2D eigenvalue weighted by Gasteiger charge is -2.25. The zero-order chi connectivity index (χ0) is 13.2. The summed E-state index contributed by atoms with van der Waals surface area (Å²) in [6.45, 7) is 2.47. The van der Waals surface area contributed by atoms with Crippen molar-refractivity contribution in [1.82, 2.24) is 9.78 Å². The molecule has 0 aromatic carbocycles. The topological polar surface area (TPSA) is 55.1 Å². The van der Waals surface area contributed by atoms with E-state index < -0.39 is 5.60 Å². The number of halogens is 1. The van der Waals surface area contributed by atoms with Crippen LogP contribution in [0.15, 0.2) is 6.20 Å². The highest BCUT2D eigenvalue weighted by molar-refractivity contribution is 6.34. The van der Waals surface area contributed by atoms with Crippen molar-refractivity contribution < 1.29 is 9.90 Å². The van der Waals surface area contributed by atoms with Crippen LogP contribution in [0.25, 0.3) is 0 Å². The van der Waals surface area contributed by atoms with Gasteiger partial charge in [-0.2, -0.15) is 5.10 Å². The Hall–Kier alpha value is -0.870. The van der Waals surface area contributed by atoms with Gasteiger partial charge in [0.15, 0.2) is 0 Å². The Bertz CT molecular complexity index is 434. The van der Waals surface area contributed by atoms with E-state index in [1.54, 1.807) is 4.68 Å². The van der Waals surface area contributed by atoms with Crippen molar-refractivity contribution >= 4 is 17.4 Å². The van der Waals surface area contributed by atoms with E-state index in [4.69, 9.17) is 11.6 Å². The number of hydrogen-bond acceptors (Lipinski definition) is 3. The number of aliphatic hydroxyl groups is 1. The van der Waals surface area contributed by atoms with Crippen LogP contribution < -0.4 is 0 Å². The summed E-state index contributed by atoms with van der Waals surface area (Å²) in [4.78, 5) is 12.5. The van der Waals surface area contributed by atoms with Gasteiger partial charge in [0.1, 0.15) is 11.3 Å². The lowest BCUT2D eigenvalue weighted by atomic mass is 9.88. The monoisotopic (exact) mass is 270 g/mol. The number of carbonyl (C=O) groups excluding carboxylic acids is 1. The van der Waals surface area contributed by atoms with E-state index in [1.165, 1.54) is 6.20 Å². The van der Waals surface area contributed by atoms with Crippen molar-refractivity contribution in [3.63, 3.8) is 0 Å². The van der Waals surface area contributed by atoms with E-state index in [0.717, 1.165) is 25.7 Å². The Morgan fingerprint density at radius 2 is 2.06 bits per heavy atom. The molecule has 0 spiro atoms. The first-order chi connectivity index (χ1) is 8.58. The van der Waals surface area contributed by atoms with Crippen LogP contribution in [0.3, 0.4) is 0 Å². The molecule has 0 radical (unpaired) electrons. The van der Waals surface area contributed by atoms with Gasteiger partial charge in [0.2, 0.25) is 5.78 Å². The van der Waals surface area contributed by atoms with Gasteiger partial charge in [-0.05, 0) is 19.8 Å². The number of hydrogen-bond donors (Lipinski definition) is 1. The third-order valence-electron chi connectivity index (χ3n) is 3.66. The summed E-state index contributed by atoms with van der Waals surface area (Å²) in [6.07, 6.45) is 6.46. The minimum Gasteiger partial charge on any atom is -0.382 e. The average Bonchev–Trinajstić information content (AvgIpc) is 2.57. The second kappa shape index (κ2) is 5.41. The average molecular weight is 271 g/mol. The Kier molecular flexibility index (Phi) is 4.07. The van der Waals surface area contributed by atoms with Crippen LogP contribution in [-0.4, -0.2) is 26.3 Å². The molecule has 1 saturated carbocycles. The van der Waals surface area contributed by atoms with Crippen LogP contribution >= 0.6 is 11.6 Å². The lowest BCUT2D eigenvalue weighted by Crippen LogP contribution is -2.39. The molecule has 0 unspecified atom stereocenters. The summed E-state index contributed by atoms with van der Waals surface area (Å²) in [5, 5.41) is 15.0. The van der Waals surface area contributed by atoms with Gasteiger partial charge in [0.05, 0.1) is 11.2 Å². The molecule has 100 valence electrons. The molecule has 4 nitrogen and oxygen atoms in total. The van der Waals surface area contributed by atoms with Crippen molar-refractivity contribution in [2.75, 3.05) is 0 Å². The van der Waals surface area contributed by atoms with Crippen LogP contribution in [-0.2, 0) is 6.54 Å². The first kappa shape index (κ1) is 13.6. The second-order valence-corrected chi connectivity index (χ2v) is 5.34. The SMILES string of the molecule is CCn1ncc(Cl)c1C(=O)C1(O)CCCCCC1. The fourth-order valence-corrected chi connectivity index (χ4v) is 2.82. The second-order valence-electron chi connectivity index (χ2n) is 4.93. The molecule has 1 aromatic rings. The molecular formula is C13H19ClN2O2. The fraction of sp³-hybridized carbons (Fsp3) is 0.692. The van der Waals surface area contributed by atoms with Crippen molar-refractivity contribution in [2.24, 2.45) is 0 Å². The maximum Gasteiger partial charge on any atom is 0.213 e. The molecule has 1 heterocycles. The molecule has 1 aliphatic carbocycles. The van der Waals surface area contributed by atoms with Crippen LogP contribution in [0, 0.1) is 0 Å². The smallest absolute Gasteiger partial charge is 0.213 e. The normalized spacial score (nSPS) is 19.5. The first-order valence-electron chi connectivity index (χ1n) is 6.57. The third-order valence-corrected chi connectivity index (χ3v) is 3.94. The highest BCUT2D eigenvalue weighted by Gasteiger charge is 2.39. The molecule has 0 atom stereocenters. The predicted octanol–water partition coefficient (Wildman–Crippen LogP) is 2.82. The summed E-state index contributed by atoms with van der Waals surface area (Å²) in [5.41, 5.74) is -0.906. The number of Topliss-reactive ketones (excluding diaryl/α,β-unsaturated/α-hetero) is 1. The highest BCUT2D eigenvalue weighted by Crippen LogP contribution is 2.32. The van der Waals surface area contributed by atoms with Crippen LogP contribution in [0.4, 0.5) is 0 Å². The Balaban J connectivity index is 2.31. The summed E-state index contributed by atoms with van der Waals surface area (Å²) < 4.78 is 1.56. The van der Waals surface area contributed by atoms with Gasteiger partial charge in [0.25, 0.3) is 0 Å². The van der Waals surface area contributed by atoms with Gasteiger partial charge >= 0.3 is 0 Å². The van der Waals surface area contributed by atoms with Gasteiger partial charge in [0, 0.05) is 6.54 Å². The van der Waals surface area contributed by atoms with E-state index in [9.17, 15) is 9.90 Å². The van der Waals surface area contributed by atoms with Crippen LogP contribution in [0.2, 0.25) is 5.02 Å². The summed E-state index contributed by atoms with van der Waals surface area (Å²) in [7, 11) is 0. The Morgan fingerprint density at radius 3 is 2.61 bits per heavy atom. The van der Waals surface area contributed by atoms with E-state index >= 15 is 0 Å². The third kappa shape index (κ3) is 2.45. The van der Waals surface area contributed by atoms with Crippen molar-refractivity contribution in [3.05, 3.63) is 16.9 Å². The van der Waals surface area contributed by atoms with E-state index in [-0.39, 0.29) is 5.78 Å². The fourth-order valence-electron chi connectivity index (χ4n) is 2.59. The maximum atomic E-state index is 12.5. The molecule has 1 fully saturated rings. The molecule has 1 aromatic heterocycles. The van der Waals surface area contributed by atoms with E-state index in [2.05, 4.69) is 5.10 Å². The van der Waals surface area contributed by atoms with E-state index in [0.29, 0.717) is 30.1 Å². The van der Waals surface area contributed by atoms with Gasteiger partial charge < -0.3 is 5.11 Å². The maximum absolute atomic E-state index is 12.5. The summed E-state index contributed by atoms with van der Waals surface area (Å²) in [5.74, 6) is -0.270. The minimum absolute atomic E-state index is 0.270. The number of carbonyl (C=O) groups is 1. The zero-order valence-electron chi connectivity index (χ0n) is 10.7. The number of aryl methyl sites for hydroxylation is 1. The highest BCUT2D eigenvalue weighted by atomic mass is 35.5. The molecule has 0 amide bonds. The molecule has 0 saturated heterocycles. The van der Waals surface area contributed by atoms with Crippen LogP contribution in [0.5, 0.6) is 0 Å². The van der Waals surface area contributed by atoms with E-state index in [1.807, 2.05) is 6.92 Å². The molecule has 18 heavy (non-hydrogen) atoms. The van der Waals surface area contributed by atoms with Crippen LogP contribution in [0.1, 0.15) is 55.9 Å². The van der Waals surface area contributed by atoms with Gasteiger partial charge in [-0.3, -0.25) is 9.48 Å². The molecular weight excluding hydrogens is 252 g/mol. The first-order valence-corrected chi connectivity index (χ1v) is 6.95. The Labute approximate surface area is 112 Å². The van der Waals surface area contributed by atoms with Gasteiger partial charge in [-0.25, -0.2) is 0 Å². The van der Waals surface area contributed by atoms with Gasteiger partial charge in [-0.1, -0.05) is 37.3 Å².